The van der Waals surface area contributed by atoms with E-state index in [-0.39, 0.29) is 18.1 Å². The number of amides is 1. The number of aromatic nitrogens is 3. The second-order valence-corrected chi connectivity index (χ2v) is 10.3. The predicted octanol–water partition coefficient (Wildman–Crippen LogP) is 4.35. The number of aliphatic hydroxyl groups excluding tert-OH is 1. The summed E-state index contributed by atoms with van der Waals surface area (Å²) in [5.41, 5.74) is 10.8. The van der Waals surface area contributed by atoms with Crippen LogP contribution in [0.1, 0.15) is 51.0 Å². The molecule has 2 aromatic heterocycles. The number of rotatable bonds is 8. The molecule has 1 aliphatic carbocycles. The zero-order valence-corrected chi connectivity index (χ0v) is 22.4. The summed E-state index contributed by atoms with van der Waals surface area (Å²) in [7, 11) is 0. The molecular formula is C30H37N7O2. The molecule has 1 aliphatic heterocycles. The Hall–Kier alpha value is -3.82. The van der Waals surface area contributed by atoms with E-state index in [0.717, 1.165) is 60.4 Å². The van der Waals surface area contributed by atoms with Crippen molar-refractivity contribution in [2.24, 2.45) is 5.73 Å². The molecule has 9 heteroatoms. The SMILES string of the molecule is CC[C@H](N)C(=O)N1CC=C(c2ccc(Nc3ncc(-c4ccccn4)c(NC4CCC(O)CC4)n3)cc2)CC1. The van der Waals surface area contributed by atoms with Crippen LogP contribution in [0.15, 0.2) is 60.9 Å². The quantitative estimate of drug-likeness (QED) is 0.340. The molecule has 1 fully saturated rings. The minimum atomic E-state index is -0.420. The molecule has 3 aromatic rings. The van der Waals surface area contributed by atoms with Gasteiger partial charge in [0.05, 0.1) is 23.4 Å². The van der Waals surface area contributed by atoms with E-state index in [1.165, 1.54) is 5.57 Å². The van der Waals surface area contributed by atoms with Crippen LogP contribution in [0.3, 0.4) is 0 Å². The van der Waals surface area contributed by atoms with Crippen LogP contribution in [0.4, 0.5) is 17.5 Å². The van der Waals surface area contributed by atoms with Gasteiger partial charge in [-0.15, -0.1) is 0 Å². The molecule has 0 spiro atoms. The molecule has 0 bridgehead atoms. The fourth-order valence-electron chi connectivity index (χ4n) is 5.11. The lowest BCUT2D eigenvalue weighted by Crippen LogP contribution is -2.45. The summed E-state index contributed by atoms with van der Waals surface area (Å²) in [6.45, 7) is 3.21. The highest BCUT2D eigenvalue weighted by Crippen LogP contribution is 2.30. The van der Waals surface area contributed by atoms with Crippen molar-refractivity contribution >= 4 is 28.9 Å². The number of nitrogens with one attached hydrogen (secondary N) is 2. The minimum Gasteiger partial charge on any atom is -0.393 e. The van der Waals surface area contributed by atoms with Gasteiger partial charge in [-0.05, 0) is 73.9 Å². The van der Waals surface area contributed by atoms with E-state index >= 15 is 0 Å². The highest BCUT2D eigenvalue weighted by atomic mass is 16.3. The van der Waals surface area contributed by atoms with Gasteiger partial charge < -0.3 is 26.4 Å². The maximum atomic E-state index is 12.4. The molecule has 1 aromatic carbocycles. The van der Waals surface area contributed by atoms with Gasteiger partial charge in [-0.25, -0.2) is 4.98 Å². The number of nitrogens with two attached hydrogens (primary N) is 1. The van der Waals surface area contributed by atoms with Crippen molar-refractivity contribution < 1.29 is 9.90 Å². The van der Waals surface area contributed by atoms with E-state index in [0.29, 0.717) is 25.5 Å². The van der Waals surface area contributed by atoms with Crippen molar-refractivity contribution in [2.75, 3.05) is 23.7 Å². The number of carbonyl (C=O) groups is 1. The molecule has 0 saturated heterocycles. The Bertz CT molecular complexity index is 1290. The molecule has 9 nitrogen and oxygen atoms in total. The lowest BCUT2D eigenvalue weighted by atomic mass is 9.93. The molecule has 0 radical (unpaired) electrons. The van der Waals surface area contributed by atoms with Crippen LogP contribution in [0, 0.1) is 0 Å². The Kier molecular flexibility index (Phi) is 8.48. The number of aliphatic hydroxyl groups is 1. The Morgan fingerprint density at radius 3 is 2.59 bits per heavy atom. The number of nitrogens with zero attached hydrogens (tertiary/aromatic N) is 4. The van der Waals surface area contributed by atoms with Crippen LogP contribution in [-0.4, -0.2) is 62.1 Å². The Balaban J connectivity index is 1.29. The first-order valence-corrected chi connectivity index (χ1v) is 13.8. The number of hydrogen-bond acceptors (Lipinski definition) is 8. The van der Waals surface area contributed by atoms with Crippen molar-refractivity contribution in [1.82, 2.24) is 19.9 Å². The normalized spacial score (nSPS) is 20.2. The first kappa shape index (κ1) is 26.8. The van der Waals surface area contributed by atoms with Gasteiger partial charge in [-0.2, -0.15) is 4.98 Å². The van der Waals surface area contributed by atoms with E-state index in [1.54, 1.807) is 12.4 Å². The van der Waals surface area contributed by atoms with E-state index < -0.39 is 6.04 Å². The molecule has 3 heterocycles. The molecule has 5 rings (SSSR count). The summed E-state index contributed by atoms with van der Waals surface area (Å²) < 4.78 is 0. The van der Waals surface area contributed by atoms with Crippen LogP contribution in [0.5, 0.6) is 0 Å². The topological polar surface area (TPSA) is 129 Å². The molecule has 0 unspecified atom stereocenters. The molecule has 5 N–H and O–H groups in total. The lowest BCUT2D eigenvalue weighted by molar-refractivity contribution is -0.132. The Morgan fingerprint density at radius 1 is 1.13 bits per heavy atom. The average Bonchev–Trinajstić information content (AvgIpc) is 2.98. The molecule has 39 heavy (non-hydrogen) atoms. The Labute approximate surface area is 229 Å². The van der Waals surface area contributed by atoms with Gasteiger partial charge >= 0.3 is 0 Å². The van der Waals surface area contributed by atoms with Gasteiger partial charge in [-0.3, -0.25) is 9.78 Å². The third-order valence-corrected chi connectivity index (χ3v) is 7.56. The molecule has 1 atom stereocenters. The van der Waals surface area contributed by atoms with Crippen molar-refractivity contribution in [3.05, 3.63) is 66.5 Å². The third kappa shape index (κ3) is 6.61. The Morgan fingerprint density at radius 2 is 1.92 bits per heavy atom. The van der Waals surface area contributed by atoms with E-state index in [2.05, 4.69) is 38.8 Å². The van der Waals surface area contributed by atoms with Crippen molar-refractivity contribution in [2.45, 2.75) is 63.6 Å². The van der Waals surface area contributed by atoms with Crippen molar-refractivity contribution in [1.29, 1.82) is 0 Å². The lowest BCUT2D eigenvalue weighted by Gasteiger charge is -2.28. The number of hydrogen-bond donors (Lipinski definition) is 4. The monoisotopic (exact) mass is 527 g/mol. The first-order valence-electron chi connectivity index (χ1n) is 13.8. The smallest absolute Gasteiger partial charge is 0.239 e. The summed E-state index contributed by atoms with van der Waals surface area (Å²) in [5.74, 6) is 1.26. The van der Waals surface area contributed by atoms with Crippen LogP contribution < -0.4 is 16.4 Å². The van der Waals surface area contributed by atoms with Crippen molar-refractivity contribution in [3.8, 4) is 11.3 Å². The van der Waals surface area contributed by atoms with E-state index in [9.17, 15) is 9.90 Å². The molecule has 204 valence electrons. The largest absolute Gasteiger partial charge is 0.393 e. The second kappa shape index (κ2) is 12.4. The van der Waals surface area contributed by atoms with Crippen LogP contribution in [-0.2, 0) is 4.79 Å². The van der Waals surface area contributed by atoms with Gasteiger partial charge in [0, 0.05) is 37.2 Å². The zero-order valence-electron chi connectivity index (χ0n) is 22.4. The summed E-state index contributed by atoms with van der Waals surface area (Å²) >= 11 is 0. The zero-order chi connectivity index (χ0) is 27.2. The van der Waals surface area contributed by atoms with Crippen molar-refractivity contribution in [3.63, 3.8) is 0 Å². The van der Waals surface area contributed by atoms with E-state index in [1.807, 2.05) is 42.2 Å². The average molecular weight is 528 g/mol. The first-order chi connectivity index (χ1) is 19.0. The van der Waals surface area contributed by atoms with Gasteiger partial charge in [0.1, 0.15) is 5.82 Å². The van der Waals surface area contributed by atoms with Crippen LogP contribution >= 0.6 is 0 Å². The number of benzene rings is 1. The predicted molar refractivity (Wildman–Crippen MR) is 154 cm³/mol. The highest BCUT2D eigenvalue weighted by molar-refractivity contribution is 5.83. The third-order valence-electron chi connectivity index (χ3n) is 7.56. The summed E-state index contributed by atoms with van der Waals surface area (Å²) in [6.07, 6.45) is 10.3. The second-order valence-electron chi connectivity index (χ2n) is 10.3. The van der Waals surface area contributed by atoms with Crippen LogP contribution in [0.2, 0.25) is 0 Å². The highest BCUT2D eigenvalue weighted by Gasteiger charge is 2.23. The van der Waals surface area contributed by atoms with Gasteiger partial charge in [0.15, 0.2) is 0 Å². The fourth-order valence-corrected chi connectivity index (χ4v) is 5.11. The number of pyridine rings is 1. The summed E-state index contributed by atoms with van der Waals surface area (Å²) in [5, 5.41) is 16.8. The molecular weight excluding hydrogens is 490 g/mol. The number of anilines is 3. The summed E-state index contributed by atoms with van der Waals surface area (Å²) in [4.78, 5) is 28.1. The standard InChI is InChI=1S/C30H37N7O2/c1-2-26(31)29(39)37-17-14-21(15-18-37)20-6-8-23(9-7-20)35-30-33-19-25(27-5-3-4-16-32-27)28(36-30)34-22-10-12-24(38)13-11-22/h3-9,14,16,19,22,24,26,38H,2,10-13,15,17-18,31H2,1H3,(H2,33,34,35,36)/t22?,24?,26-/m0/s1. The maximum absolute atomic E-state index is 12.4. The van der Waals surface area contributed by atoms with E-state index in [4.69, 9.17) is 10.7 Å². The van der Waals surface area contributed by atoms with Gasteiger partial charge in [0.25, 0.3) is 0 Å². The molecule has 1 amide bonds. The van der Waals surface area contributed by atoms with Crippen LogP contribution in [0.25, 0.3) is 16.8 Å². The molecule has 2 aliphatic rings. The maximum Gasteiger partial charge on any atom is 0.239 e. The van der Waals surface area contributed by atoms with Gasteiger partial charge in [-0.1, -0.05) is 31.2 Å². The fraction of sp³-hybridized carbons (Fsp3) is 0.400. The minimum absolute atomic E-state index is 0.0244. The number of carbonyl (C=O) groups excluding carboxylic acids is 1. The molecule has 1 saturated carbocycles. The summed E-state index contributed by atoms with van der Waals surface area (Å²) in [6, 6.07) is 13.8. The van der Waals surface area contributed by atoms with Gasteiger partial charge in [0.2, 0.25) is 11.9 Å².